The summed E-state index contributed by atoms with van der Waals surface area (Å²) in [5.41, 5.74) is 2.40. The second kappa shape index (κ2) is 6.79. The Morgan fingerprint density at radius 2 is 2.20 bits per heavy atom. The van der Waals surface area contributed by atoms with Crippen LogP contribution in [0.4, 0.5) is 0 Å². The maximum atomic E-state index is 12.1. The van der Waals surface area contributed by atoms with Gasteiger partial charge in [0.05, 0.1) is 6.54 Å². The van der Waals surface area contributed by atoms with Crippen LogP contribution in [-0.2, 0) is 17.8 Å². The van der Waals surface area contributed by atoms with Crippen molar-refractivity contribution in [1.82, 2.24) is 10.2 Å². The first kappa shape index (κ1) is 15.6. The van der Waals surface area contributed by atoms with E-state index in [4.69, 9.17) is 11.6 Å². The Hall–Kier alpha value is -0.770. The molecule has 1 aliphatic heterocycles. The number of amides is 1. The minimum absolute atomic E-state index is 0. The molecule has 0 unspecified atom stereocenters. The second-order valence-electron chi connectivity index (χ2n) is 5.52. The number of nitrogens with zero attached hydrogens (tertiary/aromatic N) is 1. The fourth-order valence-corrected chi connectivity index (χ4v) is 2.88. The third-order valence-corrected chi connectivity index (χ3v) is 4.32. The molecule has 1 aromatic rings. The largest absolute Gasteiger partial charge is 0.337 e. The lowest BCUT2D eigenvalue weighted by atomic mass is 10.00. The van der Waals surface area contributed by atoms with Crippen molar-refractivity contribution in [3.8, 4) is 0 Å². The monoisotopic (exact) mass is 314 g/mol. The van der Waals surface area contributed by atoms with Crippen LogP contribution < -0.4 is 5.32 Å². The van der Waals surface area contributed by atoms with Gasteiger partial charge in [-0.1, -0.05) is 23.7 Å². The van der Waals surface area contributed by atoms with E-state index in [1.54, 1.807) is 0 Å². The summed E-state index contributed by atoms with van der Waals surface area (Å²) in [5, 5.41) is 4.09. The van der Waals surface area contributed by atoms with Crippen LogP contribution in [0.3, 0.4) is 0 Å². The molecule has 0 aromatic heterocycles. The van der Waals surface area contributed by atoms with Gasteiger partial charge in [0.1, 0.15) is 0 Å². The highest BCUT2D eigenvalue weighted by atomic mass is 35.5. The normalized spacial score (nSPS) is 17.4. The maximum absolute atomic E-state index is 12.1. The first-order valence-corrected chi connectivity index (χ1v) is 7.36. The number of carbonyl (C=O) groups excluding carboxylic acids is 1. The van der Waals surface area contributed by atoms with Gasteiger partial charge in [-0.15, -0.1) is 12.4 Å². The first-order valence-electron chi connectivity index (χ1n) is 6.99. The Kier molecular flexibility index (Phi) is 5.30. The molecule has 1 fully saturated rings. The number of nitrogens with one attached hydrogen (secondary N) is 1. The molecule has 0 spiro atoms. The third kappa shape index (κ3) is 3.66. The zero-order chi connectivity index (χ0) is 13.2. The molecule has 3 rings (SSSR count). The average molecular weight is 315 g/mol. The number of rotatable bonds is 4. The Morgan fingerprint density at radius 1 is 1.40 bits per heavy atom. The van der Waals surface area contributed by atoms with Crippen molar-refractivity contribution in [1.29, 1.82) is 0 Å². The Bertz CT molecular complexity index is 489. The predicted molar refractivity (Wildman–Crippen MR) is 83.4 cm³/mol. The van der Waals surface area contributed by atoms with Gasteiger partial charge >= 0.3 is 0 Å². The summed E-state index contributed by atoms with van der Waals surface area (Å²) < 4.78 is 0. The molecule has 0 saturated heterocycles. The molecule has 1 amide bonds. The minimum atomic E-state index is 0. The van der Waals surface area contributed by atoms with E-state index in [9.17, 15) is 4.79 Å². The van der Waals surface area contributed by atoms with E-state index < -0.39 is 0 Å². The fraction of sp³-hybridized carbons (Fsp3) is 0.533. The van der Waals surface area contributed by atoms with E-state index in [0.717, 1.165) is 30.5 Å². The fourth-order valence-electron chi connectivity index (χ4n) is 2.59. The lowest BCUT2D eigenvalue weighted by Crippen LogP contribution is -2.41. The van der Waals surface area contributed by atoms with Gasteiger partial charge in [0, 0.05) is 18.1 Å². The SMILES string of the molecule is Cl.O=C(CNCC1CC1)N1CCc2c(Cl)cccc2C1. The second-order valence-corrected chi connectivity index (χ2v) is 5.92. The van der Waals surface area contributed by atoms with E-state index in [1.807, 2.05) is 17.0 Å². The number of halogens is 2. The van der Waals surface area contributed by atoms with Crippen molar-refractivity contribution >= 4 is 29.9 Å². The van der Waals surface area contributed by atoms with Gasteiger partial charge in [-0.2, -0.15) is 0 Å². The lowest BCUT2D eigenvalue weighted by molar-refractivity contribution is -0.131. The molecular weight excluding hydrogens is 295 g/mol. The number of hydrogen-bond donors (Lipinski definition) is 1. The van der Waals surface area contributed by atoms with Crippen LogP contribution in [0.25, 0.3) is 0 Å². The molecule has 1 heterocycles. The molecule has 1 aliphatic carbocycles. The highest BCUT2D eigenvalue weighted by Crippen LogP contribution is 2.28. The van der Waals surface area contributed by atoms with Gasteiger partial charge in [0.25, 0.3) is 0 Å². The first-order chi connectivity index (χ1) is 9.24. The summed E-state index contributed by atoms with van der Waals surface area (Å²) in [4.78, 5) is 14.1. The van der Waals surface area contributed by atoms with Crippen LogP contribution in [0.5, 0.6) is 0 Å². The topological polar surface area (TPSA) is 32.3 Å². The van der Waals surface area contributed by atoms with Crippen molar-refractivity contribution in [3.05, 3.63) is 34.3 Å². The summed E-state index contributed by atoms with van der Waals surface area (Å²) in [7, 11) is 0. The Balaban J connectivity index is 0.00000147. The lowest BCUT2D eigenvalue weighted by Gasteiger charge is -2.29. The Morgan fingerprint density at radius 3 is 2.95 bits per heavy atom. The summed E-state index contributed by atoms with van der Waals surface area (Å²) in [6.45, 7) is 2.93. The molecule has 1 saturated carbocycles. The third-order valence-electron chi connectivity index (χ3n) is 3.97. The van der Waals surface area contributed by atoms with Gasteiger partial charge in [-0.05, 0) is 48.9 Å². The number of hydrogen-bond acceptors (Lipinski definition) is 2. The van der Waals surface area contributed by atoms with Gasteiger partial charge < -0.3 is 10.2 Å². The molecule has 1 N–H and O–H groups in total. The molecular formula is C15H20Cl2N2O. The maximum Gasteiger partial charge on any atom is 0.236 e. The molecule has 110 valence electrons. The van der Waals surface area contributed by atoms with Crippen molar-refractivity contribution in [2.45, 2.75) is 25.8 Å². The standard InChI is InChI=1S/C15H19ClN2O.ClH/c16-14-3-1-2-12-10-18(7-6-13(12)14)15(19)9-17-8-11-4-5-11;/h1-3,11,17H,4-10H2;1H. The van der Waals surface area contributed by atoms with Crippen molar-refractivity contribution in [2.24, 2.45) is 5.92 Å². The van der Waals surface area contributed by atoms with Gasteiger partial charge in [-0.25, -0.2) is 0 Å². The summed E-state index contributed by atoms with van der Waals surface area (Å²) >= 11 is 6.18. The zero-order valence-electron chi connectivity index (χ0n) is 11.4. The van der Waals surface area contributed by atoms with Crippen LogP contribution in [0, 0.1) is 5.92 Å². The number of carbonyl (C=O) groups is 1. The summed E-state index contributed by atoms with van der Waals surface area (Å²) in [6.07, 6.45) is 3.50. The molecule has 20 heavy (non-hydrogen) atoms. The number of fused-ring (bicyclic) bond motifs is 1. The number of benzene rings is 1. The minimum Gasteiger partial charge on any atom is -0.337 e. The van der Waals surface area contributed by atoms with E-state index in [1.165, 1.54) is 24.0 Å². The van der Waals surface area contributed by atoms with Gasteiger partial charge in [0.15, 0.2) is 0 Å². The van der Waals surface area contributed by atoms with Crippen LogP contribution in [0.15, 0.2) is 18.2 Å². The van der Waals surface area contributed by atoms with Gasteiger partial charge in [-0.3, -0.25) is 4.79 Å². The molecule has 2 aliphatic rings. The van der Waals surface area contributed by atoms with E-state index in [0.29, 0.717) is 13.1 Å². The van der Waals surface area contributed by atoms with Crippen molar-refractivity contribution in [3.63, 3.8) is 0 Å². The molecule has 5 heteroatoms. The van der Waals surface area contributed by atoms with Crippen LogP contribution >= 0.6 is 24.0 Å². The average Bonchev–Trinajstić information content (AvgIpc) is 3.23. The quantitative estimate of drug-likeness (QED) is 0.926. The molecule has 0 bridgehead atoms. The molecule has 1 aromatic carbocycles. The molecule has 3 nitrogen and oxygen atoms in total. The Labute approximate surface area is 131 Å². The smallest absolute Gasteiger partial charge is 0.236 e. The highest BCUT2D eigenvalue weighted by Gasteiger charge is 2.23. The summed E-state index contributed by atoms with van der Waals surface area (Å²) in [6, 6.07) is 5.95. The highest BCUT2D eigenvalue weighted by molar-refractivity contribution is 6.31. The predicted octanol–water partition coefficient (Wildman–Crippen LogP) is 2.65. The van der Waals surface area contributed by atoms with Crippen molar-refractivity contribution in [2.75, 3.05) is 19.6 Å². The van der Waals surface area contributed by atoms with Crippen LogP contribution in [-0.4, -0.2) is 30.4 Å². The van der Waals surface area contributed by atoms with Crippen molar-refractivity contribution < 1.29 is 4.79 Å². The van der Waals surface area contributed by atoms with Gasteiger partial charge in [0.2, 0.25) is 5.91 Å². The van der Waals surface area contributed by atoms with E-state index in [2.05, 4.69) is 11.4 Å². The molecule has 0 radical (unpaired) electrons. The summed E-state index contributed by atoms with van der Waals surface area (Å²) in [5.74, 6) is 1.01. The zero-order valence-corrected chi connectivity index (χ0v) is 13.0. The van der Waals surface area contributed by atoms with E-state index in [-0.39, 0.29) is 18.3 Å². The molecule has 0 atom stereocenters. The van der Waals surface area contributed by atoms with Crippen LogP contribution in [0.1, 0.15) is 24.0 Å². The van der Waals surface area contributed by atoms with Crippen LogP contribution in [0.2, 0.25) is 5.02 Å². The van der Waals surface area contributed by atoms with E-state index >= 15 is 0 Å².